The van der Waals surface area contributed by atoms with E-state index in [1.54, 1.807) is 24.3 Å². The van der Waals surface area contributed by atoms with Gasteiger partial charge in [0.05, 0.1) is 5.69 Å². The number of hydrogen-bond donors (Lipinski definition) is 1. The number of fused-ring (bicyclic) bond motifs is 1. The van der Waals surface area contributed by atoms with Crippen molar-refractivity contribution in [1.29, 1.82) is 0 Å². The third kappa shape index (κ3) is 3.00. The molecule has 6 nitrogen and oxygen atoms in total. The number of rotatable bonds is 4. The van der Waals surface area contributed by atoms with Crippen LogP contribution in [0.1, 0.15) is 19.8 Å². The van der Waals surface area contributed by atoms with Crippen LogP contribution in [0, 0.1) is 0 Å². The van der Waals surface area contributed by atoms with Gasteiger partial charge >= 0.3 is 0 Å². The maximum absolute atomic E-state index is 12.5. The molecule has 0 aliphatic rings. The van der Waals surface area contributed by atoms with E-state index in [0.29, 0.717) is 16.3 Å². The number of halogens is 1. The zero-order valence-corrected chi connectivity index (χ0v) is 13.6. The van der Waals surface area contributed by atoms with Gasteiger partial charge in [-0.05, 0) is 19.1 Å². The maximum Gasteiger partial charge on any atom is 0.195 e. The minimum atomic E-state index is -0.383. The highest BCUT2D eigenvalue weighted by Gasteiger charge is 2.13. The summed E-state index contributed by atoms with van der Waals surface area (Å²) in [4.78, 5) is 27.7. The van der Waals surface area contributed by atoms with Crippen LogP contribution in [-0.2, 0) is 4.79 Å². The summed E-state index contributed by atoms with van der Waals surface area (Å²) < 4.78 is 1.48. The van der Waals surface area contributed by atoms with Crippen LogP contribution < -0.4 is 10.6 Å². The number of carbonyl (C=O) groups excluding carboxylic acids is 1. The molecule has 0 saturated carbocycles. The Bertz CT molecular complexity index is 1040. The molecule has 0 fully saturated rings. The van der Waals surface area contributed by atoms with Crippen LogP contribution in [0.25, 0.3) is 22.7 Å². The fourth-order valence-electron chi connectivity index (χ4n) is 2.50. The minimum absolute atomic E-state index is 0.0676. The van der Waals surface area contributed by atoms with Crippen molar-refractivity contribution >= 4 is 28.8 Å². The molecular weight excluding hydrogens is 330 g/mol. The molecule has 0 aliphatic carbocycles. The van der Waals surface area contributed by atoms with Gasteiger partial charge in [0, 0.05) is 29.5 Å². The Balaban J connectivity index is 2.26. The summed E-state index contributed by atoms with van der Waals surface area (Å²) in [7, 11) is 0. The largest absolute Gasteiger partial charge is 0.511 e. The van der Waals surface area contributed by atoms with E-state index in [2.05, 4.69) is 10.1 Å². The van der Waals surface area contributed by atoms with Crippen molar-refractivity contribution in [2.75, 3.05) is 0 Å². The average Bonchev–Trinajstić information content (AvgIpc) is 3.01. The van der Waals surface area contributed by atoms with Crippen molar-refractivity contribution in [1.82, 2.24) is 14.6 Å². The summed E-state index contributed by atoms with van der Waals surface area (Å²) in [6, 6.07) is 8.41. The van der Waals surface area contributed by atoms with Crippen molar-refractivity contribution < 1.29 is 9.90 Å². The van der Waals surface area contributed by atoms with E-state index in [0.717, 1.165) is 0 Å². The number of ketones is 1. The number of carbonyl (C=O) groups is 1. The normalized spacial score (nSPS) is 12.4. The number of benzene rings is 1. The fraction of sp³-hybridized carbons (Fsp3) is 0.176. The molecule has 2 heterocycles. The van der Waals surface area contributed by atoms with Crippen LogP contribution in [0.4, 0.5) is 0 Å². The highest BCUT2D eigenvalue weighted by molar-refractivity contribution is 6.30. The molecule has 1 N–H and O–H groups in total. The standard InChI is InChI=1S/C17H14ClN3O3/c1-10(22)5-6-14(23)16-15(24)8-13(21-17(16)19-9-20-21)11-3-2-4-12(18)7-11/h2-4,7-9,23H,5-6H2,1H3/b16-14-. The lowest BCUT2D eigenvalue weighted by atomic mass is 10.1. The maximum atomic E-state index is 12.5. The van der Waals surface area contributed by atoms with Gasteiger partial charge in [-0.15, -0.1) is 0 Å². The Morgan fingerprint density at radius 3 is 2.79 bits per heavy atom. The van der Waals surface area contributed by atoms with Crippen molar-refractivity contribution in [2.45, 2.75) is 19.8 Å². The number of Topliss-reactive ketones (excluding diaryl/α,β-unsaturated/α-hetero) is 1. The second-order valence-corrected chi connectivity index (χ2v) is 5.86. The monoisotopic (exact) mass is 343 g/mol. The Labute approximate surface area is 142 Å². The van der Waals surface area contributed by atoms with Gasteiger partial charge in [-0.3, -0.25) is 4.79 Å². The summed E-state index contributed by atoms with van der Waals surface area (Å²) in [5.41, 5.74) is 1.10. The Morgan fingerprint density at radius 2 is 2.08 bits per heavy atom. The highest BCUT2D eigenvalue weighted by Crippen LogP contribution is 2.21. The summed E-state index contributed by atoms with van der Waals surface area (Å²) in [5, 5.41) is 15.0. The quantitative estimate of drug-likeness (QED) is 0.784. The highest BCUT2D eigenvalue weighted by atomic mass is 35.5. The zero-order chi connectivity index (χ0) is 17.3. The predicted octanol–water partition coefficient (Wildman–Crippen LogP) is 2.16. The molecule has 0 radical (unpaired) electrons. The van der Waals surface area contributed by atoms with Gasteiger partial charge in [0.15, 0.2) is 11.1 Å². The van der Waals surface area contributed by atoms with Crippen LogP contribution in [0.3, 0.4) is 0 Å². The summed E-state index contributed by atoms with van der Waals surface area (Å²) in [6.07, 6.45) is 1.55. The first kappa shape index (κ1) is 16.1. The van der Waals surface area contributed by atoms with E-state index < -0.39 is 0 Å². The number of pyridine rings is 1. The number of aliphatic hydroxyl groups excluding tert-OH is 1. The van der Waals surface area contributed by atoms with E-state index in [4.69, 9.17) is 11.6 Å². The van der Waals surface area contributed by atoms with Gasteiger partial charge in [-0.1, -0.05) is 23.7 Å². The number of aromatic nitrogens is 3. The van der Waals surface area contributed by atoms with E-state index in [9.17, 15) is 14.7 Å². The molecule has 0 spiro atoms. The lowest BCUT2D eigenvalue weighted by molar-refractivity contribution is -0.116. The van der Waals surface area contributed by atoms with E-state index >= 15 is 0 Å². The second kappa shape index (κ2) is 6.41. The Hall–Kier alpha value is -2.73. The molecule has 0 aliphatic heterocycles. The molecule has 7 heteroatoms. The Morgan fingerprint density at radius 1 is 1.29 bits per heavy atom. The second-order valence-electron chi connectivity index (χ2n) is 5.42. The topological polar surface area (TPSA) is 84.6 Å². The molecule has 0 saturated heterocycles. The summed E-state index contributed by atoms with van der Waals surface area (Å²) in [5.74, 6) is -0.229. The molecule has 0 amide bonds. The van der Waals surface area contributed by atoms with Gasteiger partial charge in [0.25, 0.3) is 0 Å². The lowest BCUT2D eigenvalue weighted by Gasteiger charge is -2.06. The molecule has 0 bridgehead atoms. The zero-order valence-electron chi connectivity index (χ0n) is 12.9. The Kier molecular flexibility index (Phi) is 4.31. The van der Waals surface area contributed by atoms with Crippen LogP contribution in [0.2, 0.25) is 5.02 Å². The number of hydrogen-bond acceptors (Lipinski definition) is 5. The van der Waals surface area contributed by atoms with Crippen molar-refractivity contribution in [3.05, 3.63) is 57.1 Å². The van der Waals surface area contributed by atoms with Gasteiger partial charge < -0.3 is 9.90 Å². The van der Waals surface area contributed by atoms with E-state index in [-0.39, 0.29) is 40.7 Å². The van der Waals surface area contributed by atoms with Crippen molar-refractivity contribution in [3.8, 4) is 11.3 Å². The first-order valence-electron chi connectivity index (χ1n) is 7.31. The minimum Gasteiger partial charge on any atom is -0.511 e. The molecule has 0 atom stereocenters. The smallest absolute Gasteiger partial charge is 0.195 e. The third-order valence-electron chi connectivity index (χ3n) is 3.64. The molecule has 2 aromatic heterocycles. The van der Waals surface area contributed by atoms with Crippen LogP contribution in [0.15, 0.2) is 41.5 Å². The molecule has 3 rings (SSSR count). The van der Waals surface area contributed by atoms with Crippen molar-refractivity contribution in [2.24, 2.45) is 0 Å². The first-order chi connectivity index (χ1) is 11.5. The molecule has 122 valence electrons. The van der Waals surface area contributed by atoms with Crippen LogP contribution in [0.5, 0.6) is 0 Å². The summed E-state index contributed by atoms with van der Waals surface area (Å²) >= 11 is 6.01. The lowest BCUT2D eigenvalue weighted by Crippen LogP contribution is -2.30. The molecule has 0 unspecified atom stereocenters. The van der Waals surface area contributed by atoms with Gasteiger partial charge in [-0.2, -0.15) is 5.10 Å². The third-order valence-corrected chi connectivity index (χ3v) is 3.87. The first-order valence-corrected chi connectivity index (χ1v) is 7.69. The summed E-state index contributed by atoms with van der Waals surface area (Å²) in [6.45, 7) is 1.43. The molecule has 1 aromatic carbocycles. The van der Waals surface area contributed by atoms with Crippen LogP contribution >= 0.6 is 11.6 Å². The molecular formula is C17H14ClN3O3. The average molecular weight is 344 g/mol. The fourth-order valence-corrected chi connectivity index (χ4v) is 2.69. The van der Waals surface area contributed by atoms with Crippen LogP contribution in [-0.4, -0.2) is 25.5 Å². The van der Waals surface area contributed by atoms with Gasteiger partial charge in [-0.25, -0.2) is 9.50 Å². The van der Waals surface area contributed by atoms with E-state index in [1.165, 1.54) is 23.8 Å². The molecule has 24 heavy (non-hydrogen) atoms. The number of nitrogens with zero attached hydrogens (tertiary/aromatic N) is 3. The van der Waals surface area contributed by atoms with Crippen molar-refractivity contribution in [3.63, 3.8) is 0 Å². The van der Waals surface area contributed by atoms with Gasteiger partial charge in [0.1, 0.15) is 23.1 Å². The molecule has 3 aromatic rings. The van der Waals surface area contributed by atoms with E-state index in [1.807, 2.05) is 0 Å². The number of aliphatic hydroxyl groups is 1. The SMILES string of the molecule is CC(=O)CC/C(O)=c1\c(=O)cc(-c2cccc(Cl)c2)n2ncnc12. The van der Waals surface area contributed by atoms with Gasteiger partial charge in [0.2, 0.25) is 0 Å². The predicted molar refractivity (Wildman–Crippen MR) is 90.9 cm³/mol.